The average Bonchev–Trinajstić information content (AvgIpc) is 2.36. The molecule has 4 nitrogen and oxygen atoms in total. The first-order chi connectivity index (χ1) is 9.13. The van der Waals surface area contributed by atoms with E-state index in [9.17, 15) is 4.57 Å². The van der Waals surface area contributed by atoms with Gasteiger partial charge >= 0.3 is 7.60 Å². The zero-order valence-corrected chi connectivity index (χ0v) is 13.3. The molecular weight excluding hydrogens is 285 g/mol. The van der Waals surface area contributed by atoms with E-state index in [1.165, 1.54) is 0 Å². The van der Waals surface area contributed by atoms with Crippen molar-refractivity contribution in [3.05, 3.63) is 23.3 Å². The lowest BCUT2D eigenvalue weighted by molar-refractivity contribution is 0.251. The molecule has 0 spiro atoms. The molecule has 0 aromatic rings. The fourth-order valence-corrected chi connectivity index (χ4v) is 3.36. The summed E-state index contributed by atoms with van der Waals surface area (Å²) in [4.78, 5) is 0. The van der Waals surface area contributed by atoms with E-state index in [0.29, 0.717) is 24.7 Å². The van der Waals surface area contributed by atoms with Crippen LogP contribution >= 0.6 is 19.2 Å². The molecule has 0 bridgehead atoms. The van der Waals surface area contributed by atoms with E-state index >= 15 is 0 Å². The lowest BCUT2D eigenvalue weighted by Gasteiger charge is -2.23. The Labute approximate surface area is 120 Å². The van der Waals surface area contributed by atoms with Gasteiger partial charge in [-0.15, -0.1) is 11.6 Å². The Kier molecular flexibility index (Phi) is 7.59. The second kappa shape index (κ2) is 8.68. The Hall–Kier alpha value is -0.440. The SMILES string of the molecule is CCCCNC1=CP(=O)(OCC)OC(CCCCl)=C1. The second-order valence-corrected chi connectivity index (χ2v) is 6.47. The topological polar surface area (TPSA) is 47.6 Å². The van der Waals surface area contributed by atoms with Crippen molar-refractivity contribution in [1.29, 1.82) is 0 Å². The van der Waals surface area contributed by atoms with Crippen molar-refractivity contribution in [2.75, 3.05) is 19.0 Å². The third-order valence-electron chi connectivity index (χ3n) is 2.58. The summed E-state index contributed by atoms with van der Waals surface area (Å²) in [5.74, 6) is 2.80. The molecule has 0 saturated carbocycles. The maximum absolute atomic E-state index is 12.4. The van der Waals surface area contributed by atoms with E-state index in [0.717, 1.165) is 31.5 Å². The molecule has 0 amide bonds. The van der Waals surface area contributed by atoms with Gasteiger partial charge in [0.2, 0.25) is 0 Å². The first kappa shape index (κ1) is 16.6. The van der Waals surface area contributed by atoms with Gasteiger partial charge in [0.1, 0.15) is 5.76 Å². The van der Waals surface area contributed by atoms with Gasteiger partial charge < -0.3 is 9.84 Å². The molecule has 1 aliphatic rings. The number of allylic oxidation sites excluding steroid dienone is 2. The monoisotopic (exact) mass is 307 g/mol. The zero-order valence-electron chi connectivity index (χ0n) is 11.7. The van der Waals surface area contributed by atoms with Gasteiger partial charge in [-0.1, -0.05) is 13.3 Å². The van der Waals surface area contributed by atoms with Crippen molar-refractivity contribution in [3.8, 4) is 0 Å². The molecule has 1 rings (SSSR count). The Morgan fingerprint density at radius 1 is 1.42 bits per heavy atom. The van der Waals surface area contributed by atoms with Crippen LogP contribution in [0, 0.1) is 0 Å². The molecule has 110 valence electrons. The summed E-state index contributed by atoms with van der Waals surface area (Å²) < 4.78 is 23.1. The highest BCUT2D eigenvalue weighted by Gasteiger charge is 2.28. The molecule has 1 N–H and O–H groups in total. The molecule has 0 aromatic heterocycles. The first-order valence-electron chi connectivity index (χ1n) is 6.80. The molecule has 0 radical (unpaired) electrons. The lowest BCUT2D eigenvalue weighted by atomic mass is 10.2. The fraction of sp³-hybridized carbons (Fsp3) is 0.692. The molecule has 0 fully saturated rings. The molecule has 0 saturated heterocycles. The summed E-state index contributed by atoms with van der Waals surface area (Å²) in [6.45, 7) is 5.15. The van der Waals surface area contributed by atoms with Crippen molar-refractivity contribution in [2.45, 2.75) is 39.5 Å². The van der Waals surface area contributed by atoms with Gasteiger partial charge in [0.25, 0.3) is 0 Å². The maximum Gasteiger partial charge on any atom is 0.405 e. The molecular formula is C13H23ClNO3P. The minimum absolute atomic E-state index is 0.360. The summed E-state index contributed by atoms with van der Waals surface area (Å²) in [7, 11) is -3.15. The first-order valence-corrected chi connectivity index (χ1v) is 8.95. The lowest BCUT2D eigenvalue weighted by Crippen LogP contribution is -2.16. The quantitative estimate of drug-likeness (QED) is 0.390. The van der Waals surface area contributed by atoms with Gasteiger partial charge in [0, 0.05) is 24.5 Å². The van der Waals surface area contributed by atoms with Crippen LogP contribution in [0.3, 0.4) is 0 Å². The molecule has 1 heterocycles. The van der Waals surface area contributed by atoms with Gasteiger partial charge in [-0.3, -0.25) is 4.52 Å². The van der Waals surface area contributed by atoms with Crippen molar-refractivity contribution < 1.29 is 13.6 Å². The highest BCUT2D eigenvalue weighted by atomic mass is 35.5. The third kappa shape index (κ3) is 6.03. The third-order valence-corrected chi connectivity index (χ3v) is 4.55. The largest absolute Gasteiger partial charge is 0.426 e. The van der Waals surface area contributed by atoms with Crippen LogP contribution in [-0.2, 0) is 13.6 Å². The molecule has 0 aromatic carbocycles. The Bertz CT molecular complexity index is 382. The van der Waals surface area contributed by atoms with E-state index in [1.54, 1.807) is 12.7 Å². The molecule has 1 unspecified atom stereocenters. The van der Waals surface area contributed by atoms with Crippen LogP contribution in [0.2, 0.25) is 0 Å². The summed E-state index contributed by atoms with van der Waals surface area (Å²) in [5.41, 5.74) is 0.820. The van der Waals surface area contributed by atoms with Gasteiger partial charge in [0.05, 0.1) is 12.4 Å². The summed E-state index contributed by atoms with van der Waals surface area (Å²) in [5, 5.41) is 3.26. The van der Waals surface area contributed by atoms with Crippen molar-refractivity contribution in [1.82, 2.24) is 5.32 Å². The molecule has 1 aliphatic heterocycles. The van der Waals surface area contributed by atoms with Gasteiger partial charge in [-0.05, 0) is 25.8 Å². The molecule has 6 heteroatoms. The minimum Gasteiger partial charge on any atom is -0.426 e. The van der Waals surface area contributed by atoms with E-state index in [2.05, 4.69) is 12.2 Å². The van der Waals surface area contributed by atoms with Crippen LogP contribution in [0.15, 0.2) is 23.3 Å². The highest BCUT2D eigenvalue weighted by molar-refractivity contribution is 7.57. The van der Waals surface area contributed by atoms with Crippen LogP contribution in [0.25, 0.3) is 0 Å². The minimum atomic E-state index is -3.15. The van der Waals surface area contributed by atoms with Crippen LogP contribution in [0.5, 0.6) is 0 Å². The average molecular weight is 308 g/mol. The van der Waals surface area contributed by atoms with Gasteiger partial charge in [-0.25, -0.2) is 4.57 Å². The number of rotatable bonds is 9. The zero-order chi connectivity index (χ0) is 14.1. The smallest absolute Gasteiger partial charge is 0.405 e. The Balaban J connectivity index is 2.73. The van der Waals surface area contributed by atoms with Gasteiger partial charge in [-0.2, -0.15) is 0 Å². The summed E-state index contributed by atoms with van der Waals surface area (Å²) in [6, 6.07) is 0. The number of alkyl halides is 1. The van der Waals surface area contributed by atoms with Crippen molar-refractivity contribution in [3.63, 3.8) is 0 Å². The van der Waals surface area contributed by atoms with Gasteiger partial charge in [0.15, 0.2) is 0 Å². The van der Waals surface area contributed by atoms with Crippen LogP contribution < -0.4 is 5.32 Å². The maximum atomic E-state index is 12.4. The predicted octanol–water partition coefficient (Wildman–Crippen LogP) is 4.38. The van der Waals surface area contributed by atoms with E-state index in [4.69, 9.17) is 20.6 Å². The van der Waals surface area contributed by atoms with Crippen LogP contribution in [0.1, 0.15) is 39.5 Å². The standard InChI is InChI=1S/C13H23ClNO3P/c1-3-5-9-15-12-10-13(7-6-8-14)18-19(16,11-12)17-4-2/h10-11,15H,3-9H2,1-2H3. The normalized spacial score (nSPS) is 22.5. The van der Waals surface area contributed by atoms with Crippen LogP contribution in [-0.4, -0.2) is 19.0 Å². The molecule has 0 aliphatic carbocycles. The second-order valence-electron chi connectivity index (χ2n) is 4.32. The Morgan fingerprint density at radius 3 is 2.84 bits per heavy atom. The number of hydrogen-bond donors (Lipinski definition) is 1. The summed E-state index contributed by atoms with van der Waals surface area (Å²) in [6.07, 6.45) is 5.54. The Morgan fingerprint density at radius 2 is 2.21 bits per heavy atom. The predicted molar refractivity (Wildman–Crippen MR) is 79.3 cm³/mol. The summed E-state index contributed by atoms with van der Waals surface area (Å²) >= 11 is 5.68. The van der Waals surface area contributed by atoms with E-state index < -0.39 is 7.60 Å². The number of unbranched alkanes of at least 4 members (excludes halogenated alkanes) is 1. The van der Waals surface area contributed by atoms with E-state index in [1.807, 2.05) is 6.08 Å². The number of halogens is 1. The molecule has 1 atom stereocenters. The number of nitrogens with one attached hydrogen (secondary N) is 1. The van der Waals surface area contributed by atoms with Crippen molar-refractivity contribution in [2.24, 2.45) is 0 Å². The number of hydrogen-bond acceptors (Lipinski definition) is 4. The van der Waals surface area contributed by atoms with Crippen LogP contribution in [0.4, 0.5) is 0 Å². The van der Waals surface area contributed by atoms with Crippen molar-refractivity contribution >= 4 is 19.2 Å². The highest BCUT2D eigenvalue weighted by Crippen LogP contribution is 2.55. The molecule has 19 heavy (non-hydrogen) atoms. The fourth-order valence-electron chi connectivity index (χ4n) is 1.71. The van der Waals surface area contributed by atoms with E-state index in [-0.39, 0.29) is 0 Å².